The number of imidazole rings is 1. The van der Waals surface area contributed by atoms with Gasteiger partial charge in [0.05, 0.1) is 23.6 Å². The van der Waals surface area contributed by atoms with Gasteiger partial charge in [-0.1, -0.05) is 5.16 Å². The van der Waals surface area contributed by atoms with E-state index in [2.05, 4.69) is 15.0 Å². The molecule has 1 fully saturated rings. The summed E-state index contributed by atoms with van der Waals surface area (Å²) >= 11 is 0. The zero-order valence-corrected chi connectivity index (χ0v) is 13.6. The molecular formula is C17H18FN5O2. The number of piperazine rings is 1. The van der Waals surface area contributed by atoms with Crippen molar-refractivity contribution < 1.29 is 13.7 Å². The fourth-order valence-corrected chi connectivity index (χ4v) is 3.12. The number of hydrogen-bond donors (Lipinski definition) is 0. The Morgan fingerprint density at radius 1 is 1.16 bits per heavy atom. The topological polar surface area (TPSA) is 67.4 Å². The Morgan fingerprint density at radius 2 is 2.00 bits per heavy atom. The third-order valence-corrected chi connectivity index (χ3v) is 4.55. The summed E-state index contributed by atoms with van der Waals surface area (Å²) in [6.07, 6.45) is 3.22. The highest BCUT2D eigenvalue weighted by molar-refractivity contribution is 5.91. The van der Waals surface area contributed by atoms with Gasteiger partial charge in [0, 0.05) is 51.4 Å². The van der Waals surface area contributed by atoms with Crippen LogP contribution in [0.4, 0.5) is 4.39 Å². The van der Waals surface area contributed by atoms with Crippen LogP contribution in [0.3, 0.4) is 0 Å². The molecule has 2 aromatic heterocycles. The minimum atomic E-state index is -0.273. The molecule has 7 nitrogen and oxygen atoms in total. The number of hydrogen-bond acceptors (Lipinski definition) is 5. The van der Waals surface area contributed by atoms with E-state index in [1.54, 1.807) is 23.4 Å². The first-order chi connectivity index (χ1) is 12.2. The van der Waals surface area contributed by atoms with Crippen LogP contribution in [0.1, 0.15) is 10.6 Å². The fraction of sp³-hybridized carbons (Fsp3) is 0.353. The lowest BCUT2D eigenvalue weighted by Gasteiger charge is -2.34. The Bertz CT molecular complexity index is 868. The molecule has 1 amide bonds. The van der Waals surface area contributed by atoms with Crippen LogP contribution in [0.5, 0.6) is 0 Å². The summed E-state index contributed by atoms with van der Waals surface area (Å²) in [5.41, 5.74) is 1.60. The lowest BCUT2D eigenvalue weighted by atomic mass is 10.2. The van der Waals surface area contributed by atoms with Gasteiger partial charge in [-0.05, 0) is 12.1 Å². The summed E-state index contributed by atoms with van der Waals surface area (Å²) in [7, 11) is 0. The van der Waals surface area contributed by atoms with Gasteiger partial charge in [0.1, 0.15) is 5.82 Å². The number of fused-ring (bicyclic) bond motifs is 1. The smallest absolute Gasteiger partial charge is 0.292 e. The summed E-state index contributed by atoms with van der Waals surface area (Å²) in [6.45, 7) is 4.57. The second kappa shape index (κ2) is 6.64. The number of carbonyl (C=O) groups is 1. The van der Waals surface area contributed by atoms with Crippen molar-refractivity contribution in [1.29, 1.82) is 0 Å². The molecule has 1 aliphatic heterocycles. The van der Waals surface area contributed by atoms with E-state index in [1.165, 1.54) is 18.3 Å². The molecule has 1 aliphatic rings. The minimum Gasteiger partial charge on any atom is -0.351 e. The Morgan fingerprint density at radius 3 is 2.76 bits per heavy atom. The van der Waals surface area contributed by atoms with Crippen LogP contribution in [0.15, 0.2) is 41.3 Å². The van der Waals surface area contributed by atoms with Crippen LogP contribution >= 0.6 is 0 Å². The van der Waals surface area contributed by atoms with Crippen LogP contribution in [0, 0.1) is 5.82 Å². The molecule has 0 N–H and O–H groups in total. The van der Waals surface area contributed by atoms with Gasteiger partial charge in [0.25, 0.3) is 5.91 Å². The maximum atomic E-state index is 13.2. The zero-order valence-electron chi connectivity index (χ0n) is 13.6. The van der Waals surface area contributed by atoms with E-state index in [1.807, 2.05) is 4.57 Å². The first-order valence-corrected chi connectivity index (χ1v) is 8.23. The Balaban J connectivity index is 1.32. The molecule has 0 aliphatic carbocycles. The molecule has 0 unspecified atom stereocenters. The predicted octanol–water partition coefficient (Wildman–Crippen LogP) is 1.62. The SMILES string of the molecule is O=C(c1ccno1)N1CCN(CCn2cnc3cc(F)ccc32)CC1. The van der Waals surface area contributed by atoms with E-state index in [9.17, 15) is 9.18 Å². The highest BCUT2D eigenvalue weighted by atomic mass is 19.1. The summed E-state index contributed by atoms with van der Waals surface area (Å²) in [6, 6.07) is 6.24. The Labute approximate surface area is 143 Å². The molecule has 130 valence electrons. The number of nitrogens with zero attached hydrogens (tertiary/aromatic N) is 5. The van der Waals surface area contributed by atoms with Crippen LogP contribution in [-0.2, 0) is 6.54 Å². The number of halogens is 1. The molecule has 4 rings (SSSR count). The van der Waals surface area contributed by atoms with Crippen LogP contribution in [-0.4, -0.2) is 63.1 Å². The lowest BCUT2D eigenvalue weighted by Crippen LogP contribution is -2.49. The summed E-state index contributed by atoms with van der Waals surface area (Å²) in [5.74, 6) is -0.101. The normalized spacial score (nSPS) is 15.8. The Kier molecular flexibility index (Phi) is 4.19. The number of carbonyl (C=O) groups excluding carboxylic acids is 1. The minimum absolute atomic E-state index is 0.111. The van der Waals surface area contributed by atoms with Crippen LogP contribution in [0.25, 0.3) is 11.0 Å². The van der Waals surface area contributed by atoms with E-state index in [0.717, 1.165) is 31.7 Å². The van der Waals surface area contributed by atoms with Crippen molar-refractivity contribution in [2.45, 2.75) is 6.54 Å². The maximum Gasteiger partial charge on any atom is 0.292 e. The van der Waals surface area contributed by atoms with Gasteiger partial charge in [-0.15, -0.1) is 0 Å². The average Bonchev–Trinajstić information content (AvgIpc) is 3.29. The lowest BCUT2D eigenvalue weighted by molar-refractivity contribution is 0.0593. The summed E-state index contributed by atoms with van der Waals surface area (Å²) < 4.78 is 20.2. The van der Waals surface area contributed by atoms with Crippen molar-refractivity contribution in [3.05, 3.63) is 48.4 Å². The zero-order chi connectivity index (χ0) is 17.2. The first kappa shape index (κ1) is 15.8. The standard InChI is InChI=1S/C17H18FN5O2/c18-13-1-2-15-14(11-13)19-12-23(15)10-7-21-5-8-22(9-6-21)17(24)16-3-4-20-25-16/h1-4,11-12H,5-10H2. The predicted molar refractivity (Wildman–Crippen MR) is 88.5 cm³/mol. The monoisotopic (exact) mass is 343 g/mol. The van der Waals surface area contributed by atoms with Gasteiger partial charge in [0.15, 0.2) is 0 Å². The van der Waals surface area contributed by atoms with E-state index in [0.29, 0.717) is 18.6 Å². The molecule has 8 heteroatoms. The van der Waals surface area contributed by atoms with E-state index in [4.69, 9.17) is 4.52 Å². The van der Waals surface area contributed by atoms with E-state index >= 15 is 0 Å². The van der Waals surface area contributed by atoms with E-state index in [-0.39, 0.29) is 17.5 Å². The summed E-state index contributed by atoms with van der Waals surface area (Å²) in [4.78, 5) is 20.5. The summed E-state index contributed by atoms with van der Waals surface area (Å²) in [5, 5.41) is 3.58. The van der Waals surface area contributed by atoms with Crippen molar-refractivity contribution in [3.63, 3.8) is 0 Å². The van der Waals surface area contributed by atoms with Gasteiger partial charge in [-0.2, -0.15) is 0 Å². The fourth-order valence-electron chi connectivity index (χ4n) is 3.12. The van der Waals surface area contributed by atoms with Crippen molar-refractivity contribution in [1.82, 2.24) is 24.5 Å². The second-order valence-corrected chi connectivity index (χ2v) is 6.08. The molecule has 1 aromatic carbocycles. The molecule has 25 heavy (non-hydrogen) atoms. The number of amides is 1. The molecule has 0 spiro atoms. The number of benzene rings is 1. The maximum absolute atomic E-state index is 13.2. The number of aromatic nitrogens is 3. The Hall–Kier alpha value is -2.74. The van der Waals surface area contributed by atoms with Crippen LogP contribution in [0.2, 0.25) is 0 Å². The molecule has 0 radical (unpaired) electrons. The molecule has 1 saturated heterocycles. The quantitative estimate of drug-likeness (QED) is 0.720. The molecule has 0 saturated carbocycles. The molecule has 0 bridgehead atoms. The number of rotatable bonds is 4. The van der Waals surface area contributed by atoms with Crippen molar-refractivity contribution in [2.75, 3.05) is 32.7 Å². The third kappa shape index (κ3) is 3.25. The van der Waals surface area contributed by atoms with Crippen LogP contribution < -0.4 is 0 Å². The highest BCUT2D eigenvalue weighted by Gasteiger charge is 2.24. The van der Waals surface area contributed by atoms with Gasteiger partial charge < -0.3 is 14.0 Å². The molecule has 3 heterocycles. The van der Waals surface area contributed by atoms with Crippen molar-refractivity contribution in [2.24, 2.45) is 0 Å². The second-order valence-electron chi connectivity index (χ2n) is 6.08. The average molecular weight is 343 g/mol. The van der Waals surface area contributed by atoms with Gasteiger partial charge in [-0.25, -0.2) is 9.37 Å². The van der Waals surface area contributed by atoms with Gasteiger partial charge in [-0.3, -0.25) is 9.69 Å². The van der Waals surface area contributed by atoms with Crippen molar-refractivity contribution in [3.8, 4) is 0 Å². The van der Waals surface area contributed by atoms with E-state index < -0.39 is 0 Å². The molecular weight excluding hydrogens is 325 g/mol. The van der Waals surface area contributed by atoms with Gasteiger partial charge in [0.2, 0.25) is 5.76 Å². The largest absolute Gasteiger partial charge is 0.351 e. The first-order valence-electron chi connectivity index (χ1n) is 8.23. The van der Waals surface area contributed by atoms with Crippen molar-refractivity contribution >= 4 is 16.9 Å². The third-order valence-electron chi connectivity index (χ3n) is 4.55. The molecule has 3 aromatic rings. The highest BCUT2D eigenvalue weighted by Crippen LogP contribution is 2.14. The molecule has 0 atom stereocenters. The van der Waals surface area contributed by atoms with Gasteiger partial charge >= 0.3 is 0 Å².